The first-order chi connectivity index (χ1) is 14.5. The summed E-state index contributed by atoms with van der Waals surface area (Å²) in [7, 11) is 0. The highest BCUT2D eigenvalue weighted by Crippen LogP contribution is 2.37. The van der Waals surface area contributed by atoms with E-state index in [1.54, 1.807) is 16.2 Å². The maximum atomic E-state index is 13.4. The van der Waals surface area contributed by atoms with Crippen LogP contribution in [-0.4, -0.2) is 54.5 Å². The fraction of sp³-hybridized carbons (Fsp3) is 0.500. The molecular weight excluding hydrogens is 396 g/mol. The van der Waals surface area contributed by atoms with Gasteiger partial charge in [-0.05, 0) is 49.3 Å². The van der Waals surface area contributed by atoms with E-state index in [0.29, 0.717) is 32.7 Å². The summed E-state index contributed by atoms with van der Waals surface area (Å²) in [5.74, 6) is 0.0237. The molecule has 1 aromatic carbocycles. The van der Waals surface area contributed by atoms with Crippen LogP contribution in [0, 0.1) is 6.92 Å². The summed E-state index contributed by atoms with van der Waals surface area (Å²) in [5.41, 5.74) is 3.54. The van der Waals surface area contributed by atoms with Crippen LogP contribution in [0.3, 0.4) is 0 Å². The molecule has 1 aliphatic heterocycles. The molecule has 1 atom stereocenters. The lowest BCUT2D eigenvalue weighted by molar-refractivity contribution is -0.141. The first-order valence-electron chi connectivity index (χ1n) is 10.8. The summed E-state index contributed by atoms with van der Waals surface area (Å²) in [6.45, 7) is 8.49. The van der Waals surface area contributed by atoms with E-state index < -0.39 is 0 Å². The number of nitrogens with zero attached hydrogens (tertiary/aromatic N) is 2. The minimum Gasteiger partial charge on any atom is -0.382 e. The van der Waals surface area contributed by atoms with Crippen LogP contribution in [0.1, 0.15) is 54.3 Å². The Bertz CT molecular complexity index is 846. The minimum atomic E-state index is -0.0879. The van der Waals surface area contributed by atoms with Gasteiger partial charge in [0.2, 0.25) is 11.8 Å². The van der Waals surface area contributed by atoms with Crippen LogP contribution in [-0.2, 0) is 20.7 Å². The number of amides is 2. The molecule has 0 aliphatic carbocycles. The Labute approximate surface area is 183 Å². The first kappa shape index (κ1) is 22.5. The van der Waals surface area contributed by atoms with Gasteiger partial charge in [0.15, 0.2) is 0 Å². The molecule has 0 saturated carbocycles. The predicted molar refractivity (Wildman–Crippen MR) is 121 cm³/mol. The van der Waals surface area contributed by atoms with Crippen molar-refractivity contribution in [1.29, 1.82) is 0 Å². The number of hydrogen-bond acceptors (Lipinski definition) is 4. The number of thiophene rings is 1. The van der Waals surface area contributed by atoms with Crippen molar-refractivity contribution in [1.82, 2.24) is 9.80 Å². The molecule has 3 rings (SSSR count). The predicted octanol–water partition coefficient (Wildman–Crippen LogP) is 4.20. The van der Waals surface area contributed by atoms with E-state index in [1.165, 1.54) is 16.0 Å². The van der Waals surface area contributed by atoms with Crippen LogP contribution in [0.4, 0.5) is 0 Å². The summed E-state index contributed by atoms with van der Waals surface area (Å²) in [6, 6.07) is 10.5. The molecule has 0 N–H and O–H groups in total. The van der Waals surface area contributed by atoms with Gasteiger partial charge in [0.25, 0.3) is 0 Å². The Morgan fingerprint density at radius 3 is 2.67 bits per heavy atom. The highest BCUT2D eigenvalue weighted by Gasteiger charge is 2.33. The molecule has 0 bridgehead atoms. The third-order valence-electron chi connectivity index (χ3n) is 5.58. The topological polar surface area (TPSA) is 49.9 Å². The molecule has 2 aromatic rings. The molecule has 0 fully saturated rings. The number of rotatable bonds is 9. The average molecular weight is 429 g/mol. The van der Waals surface area contributed by atoms with Crippen molar-refractivity contribution in [3.63, 3.8) is 0 Å². The lowest BCUT2D eigenvalue weighted by atomic mass is 9.92. The average Bonchev–Trinajstić information content (AvgIpc) is 3.24. The van der Waals surface area contributed by atoms with Crippen LogP contribution in [0.15, 0.2) is 35.7 Å². The van der Waals surface area contributed by atoms with Gasteiger partial charge in [-0.25, -0.2) is 0 Å². The number of carbonyl (C=O) groups is 2. The van der Waals surface area contributed by atoms with E-state index in [1.807, 2.05) is 18.7 Å². The molecule has 6 heteroatoms. The van der Waals surface area contributed by atoms with Crippen LogP contribution in [0.2, 0.25) is 0 Å². The number of aryl methyl sites for hydroxylation is 1. The van der Waals surface area contributed by atoms with E-state index in [2.05, 4.69) is 42.6 Å². The number of benzene rings is 1. The standard InChI is InChI=1S/C24H32N2O3S/c1-4-22(27)25(13-6-15-29-5-2)17-23(28)26-14-11-21-20(12-16-30-21)24(26)19-9-7-18(3)8-10-19/h7-10,12,16,24H,4-6,11,13-15,17H2,1-3H3. The van der Waals surface area contributed by atoms with Crippen molar-refractivity contribution in [3.05, 3.63) is 57.3 Å². The molecule has 0 radical (unpaired) electrons. The van der Waals surface area contributed by atoms with Crippen molar-refractivity contribution in [2.75, 3.05) is 32.8 Å². The van der Waals surface area contributed by atoms with Crippen molar-refractivity contribution in [3.8, 4) is 0 Å². The maximum absolute atomic E-state index is 13.4. The third-order valence-corrected chi connectivity index (χ3v) is 6.58. The summed E-state index contributed by atoms with van der Waals surface area (Å²) < 4.78 is 5.40. The largest absolute Gasteiger partial charge is 0.382 e. The monoisotopic (exact) mass is 428 g/mol. The Hall–Kier alpha value is -2.18. The molecular formula is C24H32N2O3S. The van der Waals surface area contributed by atoms with Gasteiger partial charge in [0.1, 0.15) is 0 Å². The van der Waals surface area contributed by atoms with Crippen LogP contribution in [0.25, 0.3) is 0 Å². The highest BCUT2D eigenvalue weighted by atomic mass is 32.1. The number of hydrogen-bond donors (Lipinski definition) is 0. The lowest BCUT2D eigenvalue weighted by Crippen LogP contribution is -2.47. The molecule has 0 spiro atoms. The summed E-state index contributed by atoms with van der Waals surface area (Å²) >= 11 is 1.76. The molecule has 1 aromatic heterocycles. The second-order valence-electron chi connectivity index (χ2n) is 7.67. The van der Waals surface area contributed by atoms with E-state index in [4.69, 9.17) is 4.74 Å². The summed E-state index contributed by atoms with van der Waals surface area (Å²) in [4.78, 5) is 30.9. The van der Waals surface area contributed by atoms with Gasteiger partial charge < -0.3 is 14.5 Å². The van der Waals surface area contributed by atoms with E-state index >= 15 is 0 Å². The fourth-order valence-electron chi connectivity index (χ4n) is 3.96. The maximum Gasteiger partial charge on any atom is 0.242 e. The van der Waals surface area contributed by atoms with Gasteiger partial charge in [0, 0.05) is 37.6 Å². The van der Waals surface area contributed by atoms with Crippen LogP contribution >= 0.6 is 11.3 Å². The van der Waals surface area contributed by atoms with Gasteiger partial charge in [-0.1, -0.05) is 36.8 Å². The minimum absolute atomic E-state index is 0.00985. The van der Waals surface area contributed by atoms with Gasteiger partial charge >= 0.3 is 0 Å². The van der Waals surface area contributed by atoms with Gasteiger partial charge in [-0.15, -0.1) is 11.3 Å². The SMILES string of the molecule is CCOCCCN(CC(=O)N1CCc2sccc2C1c1ccc(C)cc1)C(=O)CC. The molecule has 5 nitrogen and oxygen atoms in total. The van der Waals surface area contributed by atoms with Gasteiger partial charge in [0.05, 0.1) is 12.6 Å². The molecule has 162 valence electrons. The second kappa shape index (κ2) is 10.7. The van der Waals surface area contributed by atoms with E-state index in [-0.39, 0.29) is 24.4 Å². The Morgan fingerprint density at radius 1 is 1.20 bits per heavy atom. The highest BCUT2D eigenvalue weighted by molar-refractivity contribution is 7.10. The zero-order valence-corrected chi connectivity index (χ0v) is 19.0. The quantitative estimate of drug-likeness (QED) is 0.563. The van der Waals surface area contributed by atoms with Crippen molar-refractivity contribution >= 4 is 23.2 Å². The fourth-order valence-corrected chi connectivity index (χ4v) is 4.87. The van der Waals surface area contributed by atoms with E-state index in [0.717, 1.165) is 18.4 Å². The normalized spacial score (nSPS) is 15.7. The Balaban J connectivity index is 1.79. The summed E-state index contributed by atoms with van der Waals surface area (Å²) in [6.07, 6.45) is 2.01. The van der Waals surface area contributed by atoms with Crippen molar-refractivity contribution < 1.29 is 14.3 Å². The number of fused-ring (bicyclic) bond motifs is 1. The molecule has 2 heterocycles. The molecule has 0 saturated heterocycles. The third kappa shape index (κ3) is 5.29. The Kier molecular flexibility index (Phi) is 8.05. The number of ether oxygens (including phenoxy) is 1. The van der Waals surface area contributed by atoms with Crippen molar-refractivity contribution in [2.24, 2.45) is 0 Å². The summed E-state index contributed by atoms with van der Waals surface area (Å²) in [5, 5.41) is 2.11. The first-order valence-corrected chi connectivity index (χ1v) is 11.7. The van der Waals surface area contributed by atoms with Crippen molar-refractivity contribution in [2.45, 2.75) is 46.1 Å². The smallest absolute Gasteiger partial charge is 0.242 e. The molecule has 1 aliphatic rings. The van der Waals surface area contributed by atoms with E-state index in [9.17, 15) is 9.59 Å². The molecule has 2 amide bonds. The Morgan fingerprint density at radius 2 is 1.97 bits per heavy atom. The molecule has 30 heavy (non-hydrogen) atoms. The zero-order valence-electron chi connectivity index (χ0n) is 18.2. The zero-order chi connectivity index (χ0) is 21.5. The molecule has 1 unspecified atom stereocenters. The number of carbonyl (C=O) groups excluding carboxylic acids is 2. The second-order valence-corrected chi connectivity index (χ2v) is 8.67. The van der Waals surface area contributed by atoms with Crippen LogP contribution < -0.4 is 0 Å². The van der Waals surface area contributed by atoms with Gasteiger partial charge in [-0.3, -0.25) is 9.59 Å². The van der Waals surface area contributed by atoms with Gasteiger partial charge in [-0.2, -0.15) is 0 Å². The lowest BCUT2D eigenvalue weighted by Gasteiger charge is -2.37. The van der Waals surface area contributed by atoms with Crippen LogP contribution in [0.5, 0.6) is 0 Å².